The van der Waals surface area contributed by atoms with E-state index in [4.69, 9.17) is 0 Å². The molecular formula is C20H25N4OS+. The molecule has 2 heterocycles. The van der Waals surface area contributed by atoms with Crippen molar-refractivity contribution in [2.75, 3.05) is 13.6 Å². The first kappa shape index (κ1) is 18.6. The number of thioether (sulfide) groups is 1. The Bertz CT molecular complexity index is 792. The molecule has 0 radical (unpaired) electrons. The van der Waals surface area contributed by atoms with Crippen LogP contribution in [0.15, 0.2) is 70.5 Å². The smallest absolute Gasteiger partial charge is 0.307 e. The summed E-state index contributed by atoms with van der Waals surface area (Å²) < 4.78 is 0.270. The number of nitrogens with zero attached hydrogens (tertiary/aromatic N) is 2. The van der Waals surface area contributed by atoms with E-state index in [-0.39, 0.29) is 16.6 Å². The summed E-state index contributed by atoms with van der Waals surface area (Å²) >= 11 is 1.66. The molecule has 6 heteroatoms. The third-order valence-electron chi connectivity index (χ3n) is 4.73. The van der Waals surface area contributed by atoms with Crippen molar-refractivity contribution in [1.82, 2.24) is 15.6 Å². The van der Waals surface area contributed by atoms with E-state index in [1.54, 1.807) is 24.2 Å². The summed E-state index contributed by atoms with van der Waals surface area (Å²) in [4.78, 5) is 17.9. The molecule has 1 unspecified atom stereocenters. The maximum absolute atomic E-state index is 12.8. The first-order valence-electron chi connectivity index (χ1n) is 8.76. The van der Waals surface area contributed by atoms with Crippen molar-refractivity contribution in [2.45, 2.75) is 31.3 Å². The molecular weight excluding hydrogens is 344 g/mol. The van der Waals surface area contributed by atoms with E-state index in [1.165, 1.54) is 5.56 Å². The summed E-state index contributed by atoms with van der Waals surface area (Å²) in [5, 5.41) is 7.59. The number of carbonyl (C=O) groups excluding carboxylic acids is 1. The number of hydrogen-bond donors (Lipinski definition) is 2. The van der Waals surface area contributed by atoms with Gasteiger partial charge < -0.3 is 5.32 Å². The number of quaternary nitrogens is 1. The number of nitrogens with one attached hydrogen (secondary N) is 2. The predicted octanol–water partition coefficient (Wildman–Crippen LogP) is 3.71. The Morgan fingerprint density at radius 2 is 1.81 bits per heavy atom. The fourth-order valence-electron chi connectivity index (χ4n) is 2.85. The van der Waals surface area contributed by atoms with E-state index in [0.29, 0.717) is 6.54 Å². The number of pyridine rings is 1. The minimum absolute atomic E-state index is 0.0270. The summed E-state index contributed by atoms with van der Waals surface area (Å²) in [6.45, 7) is 5.51. The fraction of sp³-hybridized carbons (Fsp3) is 0.300. The van der Waals surface area contributed by atoms with Gasteiger partial charge in [0.1, 0.15) is 5.70 Å². The SMILES string of the molecule is CC(C)[N+]1(C)C(=O)NC(CNCc2ccncc2)=C1Sc1ccccc1. The second-order valence-corrected chi connectivity index (χ2v) is 7.82. The van der Waals surface area contributed by atoms with Gasteiger partial charge in [-0.25, -0.2) is 9.28 Å². The Morgan fingerprint density at radius 1 is 1.12 bits per heavy atom. The van der Waals surface area contributed by atoms with E-state index in [2.05, 4.69) is 41.6 Å². The van der Waals surface area contributed by atoms with E-state index >= 15 is 0 Å². The Balaban J connectivity index is 1.81. The molecule has 1 aromatic heterocycles. The zero-order valence-electron chi connectivity index (χ0n) is 15.4. The van der Waals surface area contributed by atoms with Crippen LogP contribution in [0.4, 0.5) is 4.79 Å². The van der Waals surface area contributed by atoms with E-state index in [0.717, 1.165) is 22.2 Å². The lowest BCUT2D eigenvalue weighted by Gasteiger charge is -2.31. The second kappa shape index (κ2) is 8.03. The van der Waals surface area contributed by atoms with Gasteiger partial charge in [-0.2, -0.15) is 0 Å². The largest absolute Gasteiger partial charge is 0.426 e. The van der Waals surface area contributed by atoms with Gasteiger partial charge in [0.05, 0.1) is 13.1 Å². The van der Waals surface area contributed by atoms with Gasteiger partial charge in [0.15, 0.2) is 0 Å². The first-order valence-corrected chi connectivity index (χ1v) is 9.57. The number of rotatable bonds is 7. The quantitative estimate of drug-likeness (QED) is 0.731. The van der Waals surface area contributed by atoms with E-state index in [9.17, 15) is 4.79 Å². The van der Waals surface area contributed by atoms with Gasteiger partial charge in [-0.3, -0.25) is 10.3 Å². The van der Waals surface area contributed by atoms with Gasteiger partial charge in [0.25, 0.3) is 0 Å². The maximum atomic E-state index is 12.8. The number of aromatic nitrogens is 1. The summed E-state index contributed by atoms with van der Waals surface area (Å²) in [6, 6.07) is 14.4. The number of hydrogen-bond acceptors (Lipinski definition) is 4. The highest BCUT2D eigenvalue weighted by Crippen LogP contribution is 2.40. The van der Waals surface area contributed by atoms with Crippen LogP contribution in [0.3, 0.4) is 0 Å². The van der Waals surface area contributed by atoms with Crippen molar-refractivity contribution in [1.29, 1.82) is 0 Å². The van der Waals surface area contributed by atoms with Crippen LogP contribution in [-0.2, 0) is 6.54 Å². The molecule has 1 aromatic carbocycles. The summed E-state index contributed by atoms with van der Waals surface area (Å²) in [5.74, 6) is 0. The molecule has 26 heavy (non-hydrogen) atoms. The van der Waals surface area contributed by atoms with Crippen LogP contribution in [0, 0.1) is 0 Å². The number of carbonyl (C=O) groups is 1. The molecule has 1 aliphatic rings. The van der Waals surface area contributed by atoms with E-state index in [1.807, 2.05) is 37.4 Å². The van der Waals surface area contributed by atoms with Crippen LogP contribution in [0.5, 0.6) is 0 Å². The standard InChI is InChI=1S/C20H24N4OS/c1-15(2)24(3)19(26-17-7-5-4-6-8-17)18(23-20(24)25)14-22-13-16-9-11-21-12-10-16/h4-12,15,22H,13-14H2,1-3H3/p+1. The zero-order valence-corrected chi connectivity index (χ0v) is 16.2. The molecule has 0 spiro atoms. The minimum atomic E-state index is 0.0270. The predicted molar refractivity (Wildman–Crippen MR) is 105 cm³/mol. The molecule has 2 aromatic rings. The molecule has 2 N–H and O–H groups in total. The minimum Gasteiger partial charge on any atom is -0.307 e. The lowest BCUT2D eigenvalue weighted by atomic mass is 10.2. The van der Waals surface area contributed by atoms with Crippen LogP contribution < -0.4 is 10.6 Å². The van der Waals surface area contributed by atoms with Gasteiger partial charge in [-0.1, -0.05) is 18.2 Å². The normalized spacial score (nSPS) is 19.9. The van der Waals surface area contributed by atoms with Crippen molar-refractivity contribution in [3.8, 4) is 0 Å². The third kappa shape index (κ3) is 3.82. The first-order chi connectivity index (χ1) is 12.5. The highest BCUT2D eigenvalue weighted by molar-refractivity contribution is 8.02. The summed E-state index contributed by atoms with van der Waals surface area (Å²) in [6.07, 6.45) is 3.58. The van der Waals surface area contributed by atoms with Crippen LogP contribution in [0.1, 0.15) is 19.4 Å². The molecule has 2 amide bonds. The van der Waals surface area contributed by atoms with Gasteiger partial charge >= 0.3 is 6.03 Å². The third-order valence-corrected chi connectivity index (χ3v) is 6.06. The molecule has 0 saturated carbocycles. The number of benzene rings is 1. The van der Waals surface area contributed by atoms with Gasteiger partial charge in [-0.15, -0.1) is 0 Å². The lowest BCUT2D eigenvalue weighted by Crippen LogP contribution is -2.51. The number of amides is 2. The Kier molecular flexibility index (Phi) is 5.76. The van der Waals surface area contributed by atoms with Gasteiger partial charge in [0.2, 0.25) is 5.03 Å². The maximum Gasteiger partial charge on any atom is 0.426 e. The van der Waals surface area contributed by atoms with E-state index < -0.39 is 0 Å². The Hall–Kier alpha value is -2.15. The van der Waals surface area contributed by atoms with Crippen LogP contribution in [-0.4, -0.2) is 35.1 Å². The van der Waals surface area contributed by atoms with Crippen LogP contribution in [0.2, 0.25) is 0 Å². The van der Waals surface area contributed by atoms with Crippen LogP contribution >= 0.6 is 11.8 Å². The van der Waals surface area contributed by atoms with Gasteiger partial charge in [-0.05, 0) is 55.4 Å². The monoisotopic (exact) mass is 369 g/mol. The average molecular weight is 370 g/mol. The molecule has 0 aliphatic carbocycles. The lowest BCUT2D eigenvalue weighted by molar-refractivity contribution is -0.801. The number of urea groups is 1. The Labute approximate surface area is 159 Å². The second-order valence-electron chi connectivity index (χ2n) is 6.76. The molecule has 1 atom stereocenters. The molecule has 0 saturated heterocycles. The Morgan fingerprint density at radius 3 is 2.46 bits per heavy atom. The molecule has 5 nitrogen and oxygen atoms in total. The molecule has 0 bridgehead atoms. The van der Waals surface area contributed by atoms with Crippen molar-refractivity contribution in [2.24, 2.45) is 0 Å². The highest BCUT2D eigenvalue weighted by Gasteiger charge is 2.48. The van der Waals surface area contributed by atoms with Crippen molar-refractivity contribution in [3.05, 3.63) is 71.1 Å². The topological polar surface area (TPSA) is 54.0 Å². The zero-order chi connectivity index (χ0) is 18.6. The summed E-state index contributed by atoms with van der Waals surface area (Å²) in [7, 11) is 1.99. The summed E-state index contributed by atoms with van der Waals surface area (Å²) in [5.41, 5.74) is 2.12. The van der Waals surface area contributed by atoms with Gasteiger partial charge in [0, 0.05) is 30.4 Å². The van der Waals surface area contributed by atoms with Crippen LogP contribution in [0.25, 0.3) is 0 Å². The molecule has 1 aliphatic heterocycles. The van der Waals surface area contributed by atoms with Crippen molar-refractivity contribution in [3.63, 3.8) is 0 Å². The average Bonchev–Trinajstić information content (AvgIpc) is 2.89. The molecule has 136 valence electrons. The van der Waals surface area contributed by atoms with Crippen molar-refractivity contribution >= 4 is 17.8 Å². The van der Waals surface area contributed by atoms with Crippen molar-refractivity contribution < 1.29 is 9.28 Å². The fourth-order valence-corrected chi connectivity index (χ4v) is 4.10. The molecule has 3 rings (SSSR count). The highest BCUT2D eigenvalue weighted by atomic mass is 32.2. The molecule has 0 fully saturated rings.